The Kier molecular flexibility index (Phi) is 4.14. The van der Waals surface area contributed by atoms with Gasteiger partial charge >= 0.3 is 0 Å². The Morgan fingerprint density at radius 3 is 2.37 bits per heavy atom. The van der Waals surface area contributed by atoms with Gasteiger partial charge in [-0.1, -0.05) is 22.0 Å². The maximum absolute atomic E-state index is 13.0. The zero-order valence-corrected chi connectivity index (χ0v) is 12.7. The van der Waals surface area contributed by atoms with Crippen LogP contribution in [0.15, 0.2) is 28.7 Å². The van der Waals surface area contributed by atoms with Crippen molar-refractivity contribution < 1.29 is 4.39 Å². The molecule has 1 aromatic carbocycles. The summed E-state index contributed by atoms with van der Waals surface area (Å²) in [7, 11) is 1.92. The van der Waals surface area contributed by atoms with E-state index in [0.29, 0.717) is 12.5 Å². The molecule has 0 N–H and O–H groups in total. The summed E-state index contributed by atoms with van der Waals surface area (Å²) < 4.78 is 13.8. The number of nitrogens with zero attached hydrogens (tertiary/aromatic N) is 3. The molecule has 19 heavy (non-hydrogen) atoms. The maximum Gasteiger partial charge on any atom is 0.225 e. The summed E-state index contributed by atoms with van der Waals surface area (Å²) >= 11 is 3.37. The van der Waals surface area contributed by atoms with Gasteiger partial charge in [0.25, 0.3) is 0 Å². The van der Waals surface area contributed by atoms with E-state index < -0.39 is 0 Å². The molecule has 5 heteroatoms. The molecule has 0 aliphatic rings. The lowest BCUT2D eigenvalue weighted by atomic mass is 10.2. The average Bonchev–Trinajstić information content (AvgIpc) is 2.31. The third-order valence-electron chi connectivity index (χ3n) is 2.73. The van der Waals surface area contributed by atoms with E-state index >= 15 is 0 Å². The van der Waals surface area contributed by atoms with Crippen LogP contribution in [0.25, 0.3) is 0 Å². The predicted octanol–water partition coefficient (Wildman–Crippen LogP) is 3.63. The van der Waals surface area contributed by atoms with E-state index in [2.05, 4.69) is 25.9 Å². The van der Waals surface area contributed by atoms with Crippen LogP contribution in [0, 0.1) is 19.7 Å². The maximum atomic E-state index is 13.0. The van der Waals surface area contributed by atoms with E-state index in [-0.39, 0.29) is 5.82 Å². The van der Waals surface area contributed by atoms with E-state index in [9.17, 15) is 4.39 Å². The highest BCUT2D eigenvalue weighted by Crippen LogP contribution is 2.21. The van der Waals surface area contributed by atoms with Gasteiger partial charge in [-0.3, -0.25) is 0 Å². The van der Waals surface area contributed by atoms with Crippen LogP contribution in [-0.2, 0) is 6.54 Å². The first-order valence-corrected chi connectivity index (χ1v) is 6.72. The van der Waals surface area contributed by atoms with Crippen molar-refractivity contribution in [2.75, 3.05) is 11.9 Å². The molecule has 0 bridgehead atoms. The zero-order chi connectivity index (χ0) is 14.0. The molecule has 0 aliphatic carbocycles. The van der Waals surface area contributed by atoms with Crippen LogP contribution in [0.5, 0.6) is 0 Å². The van der Waals surface area contributed by atoms with Crippen molar-refractivity contribution in [2.45, 2.75) is 20.4 Å². The van der Waals surface area contributed by atoms with Crippen LogP contribution in [0.2, 0.25) is 0 Å². The highest BCUT2D eigenvalue weighted by Gasteiger charge is 2.09. The molecule has 0 spiro atoms. The minimum absolute atomic E-state index is 0.249. The number of hydrogen-bond donors (Lipinski definition) is 0. The number of halogens is 2. The molecule has 0 unspecified atom stereocenters. The second-order valence-electron chi connectivity index (χ2n) is 4.54. The van der Waals surface area contributed by atoms with Crippen molar-refractivity contribution in [1.29, 1.82) is 0 Å². The molecule has 2 rings (SSSR count). The number of aromatic nitrogens is 2. The smallest absolute Gasteiger partial charge is 0.225 e. The van der Waals surface area contributed by atoms with E-state index in [1.165, 1.54) is 12.1 Å². The van der Waals surface area contributed by atoms with Crippen LogP contribution in [0.1, 0.15) is 17.0 Å². The molecule has 0 amide bonds. The topological polar surface area (TPSA) is 29.0 Å². The first-order chi connectivity index (χ1) is 8.95. The second kappa shape index (κ2) is 5.65. The fourth-order valence-corrected chi connectivity index (χ4v) is 2.33. The number of rotatable bonds is 3. The summed E-state index contributed by atoms with van der Waals surface area (Å²) in [6.07, 6.45) is 0. The Balaban J connectivity index is 2.22. The van der Waals surface area contributed by atoms with Crippen LogP contribution < -0.4 is 4.90 Å². The Morgan fingerprint density at radius 1 is 1.16 bits per heavy atom. The highest BCUT2D eigenvalue weighted by atomic mass is 79.9. The summed E-state index contributed by atoms with van der Waals surface area (Å²) in [5.41, 5.74) is 2.87. The molecule has 2 aromatic rings. The van der Waals surface area contributed by atoms with Gasteiger partial charge in [0.1, 0.15) is 5.82 Å². The minimum atomic E-state index is -0.249. The predicted molar refractivity (Wildman–Crippen MR) is 77.7 cm³/mol. The van der Waals surface area contributed by atoms with Crippen molar-refractivity contribution in [1.82, 2.24) is 9.97 Å². The largest absolute Gasteiger partial charge is 0.340 e. The normalized spacial score (nSPS) is 10.6. The first kappa shape index (κ1) is 13.9. The number of aryl methyl sites for hydroxylation is 2. The van der Waals surface area contributed by atoms with Crippen molar-refractivity contribution in [3.8, 4) is 0 Å². The highest BCUT2D eigenvalue weighted by molar-refractivity contribution is 9.10. The van der Waals surface area contributed by atoms with Gasteiger partial charge in [0.2, 0.25) is 5.95 Å². The van der Waals surface area contributed by atoms with E-state index in [1.54, 1.807) is 6.07 Å². The van der Waals surface area contributed by atoms with Crippen LogP contribution in [0.3, 0.4) is 0 Å². The Labute approximate surface area is 120 Å². The van der Waals surface area contributed by atoms with Crippen LogP contribution in [0.4, 0.5) is 10.3 Å². The molecule has 0 fully saturated rings. The van der Waals surface area contributed by atoms with Gasteiger partial charge in [-0.2, -0.15) is 0 Å². The number of hydrogen-bond acceptors (Lipinski definition) is 3. The summed E-state index contributed by atoms with van der Waals surface area (Å²) in [4.78, 5) is 10.7. The van der Waals surface area contributed by atoms with E-state index in [1.807, 2.05) is 31.9 Å². The van der Waals surface area contributed by atoms with Crippen LogP contribution in [-0.4, -0.2) is 17.0 Å². The molecule has 0 radical (unpaired) electrons. The summed E-state index contributed by atoms with van der Waals surface area (Å²) in [6.45, 7) is 4.50. The van der Waals surface area contributed by atoms with Gasteiger partial charge in [0.15, 0.2) is 0 Å². The Morgan fingerprint density at radius 2 is 1.79 bits per heavy atom. The lowest BCUT2D eigenvalue weighted by molar-refractivity contribution is 0.625. The van der Waals surface area contributed by atoms with Gasteiger partial charge in [-0.05, 0) is 37.6 Å². The lowest BCUT2D eigenvalue weighted by Gasteiger charge is -2.18. The standard InChI is InChI=1S/C14H15BrFN3/c1-9-6-10(2)18-14(17-9)19(3)8-11-4-5-12(16)7-13(11)15/h4-7H,8H2,1-3H3. The third-order valence-corrected chi connectivity index (χ3v) is 3.47. The van der Waals surface area contributed by atoms with Gasteiger partial charge in [-0.25, -0.2) is 14.4 Å². The van der Waals surface area contributed by atoms with Crippen molar-refractivity contribution in [3.63, 3.8) is 0 Å². The van der Waals surface area contributed by atoms with Gasteiger partial charge in [0.05, 0.1) is 0 Å². The SMILES string of the molecule is Cc1cc(C)nc(N(C)Cc2ccc(F)cc2Br)n1. The number of benzene rings is 1. The third kappa shape index (κ3) is 3.50. The Hall–Kier alpha value is -1.49. The summed E-state index contributed by atoms with van der Waals surface area (Å²) in [6, 6.07) is 6.62. The first-order valence-electron chi connectivity index (χ1n) is 5.93. The van der Waals surface area contributed by atoms with Gasteiger partial charge < -0.3 is 4.90 Å². The zero-order valence-electron chi connectivity index (χ0n) is 11.1. The Bertz CT molecular complexity index is 581. The lowest BCUT2D eigenvalue weighted by Crippen LogP contribution is -2.20. The molecule has 0 saturated carbocycles. The van der Waals surface area contributed by atoms with Crippen LogP contribution >= 0.6 is 15.9 Å². The molecule has 0 aliphatic heterocycles. The molecular weight excluding hydrogens is 309 g/mol. The molecule has 1 heterocycles. The van der Waals surface area contributed by atoms with Crippen molar-refractivity contribution in [2.24, 2.45) is 0 Å². The van der Waals surface area contributed by atoms with Crippen molar-refractivity contribution >= 4 is 21.9 Å². The summed E-state index contributed by atoms with van der Waals surface area (Å²) in [5, 5.41) is 0. The fourth-order valence-electron chi connectivity index (χ4n) is 1.85. The monoisotopic (exact) mass is 323 g/mol. The molecule has 3 nitrogen and oxygen atoms in total. The molecule has 0 saturated heterocycles. The number of anilines is 1. The molecular formula is C14H15BrFN3. The average molecular weight is 324 g/mol. The minimum Gasteiger partial charge on any atom is -0.340 e. The summed E-state index contributed by atoms with van der Waals surface area (Å²) in [5.74, 6) is 0.426. The fraction of sp³-hybridized carbons (Fsp3) is 0.286. The quantitative estimate of drug-likeness (QED) is 0.863. The molecule has 0 atom stereocenters. The second-order valence-corrected chi connectivity index (χ2v) is 5.40. The van der Waals surface area contributed by atoms with Gasteiger partial charge in [-0.15, -0.1) is 0 Å². The van der Waals surface area contributed by atoms with E-state index in [4.69, 9.17) is 0 Å². The molecule has 1 aromatic heterocycles. The van der Waals surface area contributed by atoms with E-state index in [0.717, 1.165) is 21.4 Å². The van der Waals surface area contributed by atoms with Gasteiger partial charge in [0, 0.05) is 29.5 Å². The van der Waals surface area contributed by atoms with Crippen molar-refractivity contribution in [3.05, 3.63) is 51.5 Å². The molecule has 100 valence electrons.